The van der Waals surface area contributed by atoms with Gasteiger partial charge in [-0.2, -0.15) is 0 Å². The highest BCUT2D eigenvalue weighted by atomic mass is 16.5. The molecule has 1 fully saturated rings. The molecule has 0 radical (unpaired) electrons. The molecule has 0 aromatic heterocycles. The second-order valence-corrected chi connectivity index (χ2v) is 5.47. The van der Waals surface area contributed by atoms with Crippen molar-refractivity contribution in [1.29, 1.82) is 0 Å². The molecule has 0 unspecified atom stereocenters. The SMILES string of the molecule is COc1cc(CNC(=O)CCC2CCCC2)ccc1O. The van der Waals surface area contributed by atoms with Gasteiger partial charge in [-0.3, -0.25) is 4.79 Å². The number of carbonyl (C=O) groups excluding carboxylic acids is 1. The minimum Gasteiger partial charge on any atom is -0.504 e. The van der Waals surface area contributed by atoms with Crippen LogP contribution >= 0.6 is 0 Å². The van der Waals surface area contributed by atoms with Gasteiger partial charge in [-0.1, -0.05) is 31.7 Å². The smallest absolute Gasteiger partial charge is 0.220 e. The molecule has 2 rings (SSSR count). The molecule has 0 atom stereocenters. The summed E-state index contributed by atoms with van der Waals surface area (Å²) < 4.78 is 5.04. The average Bonchev–Trinajstić information content (AvgIpc) is 2.97. The zero-order valence-corrected chi connectivity index (χ0v) is 12.0. The van der Waals surface area contributed by atoms with E-state index in [4.69, 9.17) is 4.74 Å². The van der Waals surface area contributed by atoms with Gasteiger partial charge >= 0.3 is 0 Å². The van der Waals surface area contributed by atoms with Crippen molar-refractivity contribution in [3.63, 3.8) is 0 Å². The summed E-state index contributed by atoms with van der Waals surface area (Å²) in [5.41, 5.74) is 0.925. The Morgan fingerprint density at radius 2 is 2.15 bits per heavy atom. The first-order chi connectivity index (χ1) is 9.69. The molecule has 0 bridgehead atoms. The van der Waals surface area contributed by atoms with E-state index >= 15 is 0 Å². The van der Waals surface area contributed by atoms with Crippen molar-refractivity contribution in [2.45, 2.75) is 45.1 Å². The molecular weight excluding hydrogens is 254 g/mol. The van der Waals surface area contributed by atoms with Gasteiger partial charge in [-0.05, 0) is 30.0 Å². The Hall–Kier alpha value is -1.71. The van der Waals surface area contributed by atoms with Crippen molar-refractivity contribution in [2.24, 2.45) is 5.92 Å². The molecule has 4 heteroatoms. The lowest BCUT2D eigenvalue weighted by molar-refractivity contribution is -0.121. The van der Waals surface area contributed by atoms with Crippen LogP contribution in [0.3, 0.4) is 0 Å². The van der Waals surface area contributed by atoms with Gasteiger partial charge in [0.25, 0.3) is 0 Å². The lowest BCUT2D eigenvalue weighted by atomic mass is 10.0. The number of benzene rings is 1. The van der Waals surface area contributed by atoms with Crippen molar-refractivity contribution in [1.82, 2.24) is 5.32 Å². The van der Waals surface area contributed by atoms with Gasteiger partial charge in [0.15, 0.2) is 11.5 Å². The molecule has 0 saturated heterocycles. The summed E-state index contributed by atoms with van der Waals surface area (Å²) in [6.45, 7) is 0.472. The molecule has 1 aromatic carbocycles. The fraction of sp³-hybridized carbons (Fsp3) is 0.562. The van der Waals surface area contributed by atoms with E-state index in [0.29, 0.717) is 18.7 Å². The molecule has 0 aliphatic heterocycles. The van der Waals surface area contributed by atoms with E-state index in [1.165, 1.54) is 32.8 Å². The third kappa shape index (κ3) is 4.15. The second-order valence-electron chi connectivity index (χ2n) is 5.47. The van der Waals surface area contributed by atoms with Crippen LogP contribution in [0.5, 0.6) is 11.5 Å². The zero-order chi connectivity index (χ0) is 14.4. The van der Waals surface area contributed by atoms with Crippen LogP contribution in [-0.2, 0) is 11.3 Å². The minimum absolute atomic E-state index is 0.101. The van der Waals surface area contributed by atoms with Gasteiger partial charge in [0.05, 0.1) is 7.11 Å². The molecule has 1 amide bonds. The number of methoxy groups -OCH3 is 1. The van der Waals surface area contributed by atoms with Crippen LogP contribution in [0.15, 0.2) is 18.2 Å². The molecule has 4 nitrogen and oxygen atoms in total. The van der Waals surface area contributed by atoms with Gasteiger partial charge in [-0.15, -0.1) is 0 Å². The lowest BCUT2D eigenvalue weighted by Crippen LogP contribution is -2.23. The van der Waals surface area contributed by atoms with Crippen LogP contribution in [0.25, 0.3) is 0 Å². The van der Waals surface area contributed by atoms with Crippen LogP contribution in [0.1, 0.15) is 44.1 Å². The average molecular weight is 277 g/mol. The summed E-state index contributed by atoms with van der Waals surface area (Å²) >= 11 is 0. The summed E-state index contributed by atoms with van der Waals surface area (Å²) in [6.07, 6.45) is 6.81. The molecule has 1 aliphatic carbocycles. The van der Waals surface area contributed by atoms with Crippen LogP contribution in [0, 0.1) is 5.92 Å². The standard InChI is InChI=1S/C16H23NO3/c1-20-15-10-13(6-8-14(15)18)11-17-16(19)9-7-12-4-2-3-5-12/h6,8,10,12,18H,2-5,7,9,11H2,1H3,(H,17,19). The summed E-state index contributed by atoms with van der Waals surface area (Å²) in [6, 6.07) is 5.11. The fourth-order valence-corrected chi connectivity index (χ4v) is 2.76. The molecule has 1 aromatic rings. The predicted molar refractivity (Wildman–Crippen MR) is 77.7 cm³/mol. The van der Waals surface area contributed by atoms with E-state index in [1.54, 1.807) is 18.2 Å². The van der Waals surface area contributed by atoms with Crippen LogP contribution in [-0.4, -0.2) is 18.1 Å². The van der Waals surface area contributed by atoms with E-state index in [1.807, 2.05) is 0 Å². The maximum atomic E-state index is 11.8. The monoisotopic (exact) mass is 277 g/mol. The summed E-state index contributed by atoms with van der Waals surface area (Å²) in [7, 11) is 1.51. The fourth-order valence-electron chi connectivity index (χ4n) is 2.76. The number of phenolic OH excluding ortho intramolecular Hbond substituents is 1. The zero-order valence-electron chi connectivity index (χ0n) is 12.0. The van der Waals surface area contributed by atoms with Crippen molar-refractivity contribution in [2.75, 3.05) is 7.11 Å². The first kappa shape index (κ1) is 14.7. The molecule has 0 spiro atoms. The highest BCUT2D eigenvalue weighted by Gasteiger charge is 2.16. The summed E-state index contributed by atoms with van der Waals surface area (Å²) in [4.78, 5) is 11.8. The maximum absolute atomic E-state index is 11.8. The normalized spacial score (nSPS) is 15.2. The number of hydrogen-bond donors (Lipinski definition) is 2. The Morgan fingerprint density at radius 3 is 2.85 bits per heavy atom. The van der Waals surface area contributed by atoms with E-state index in [9.17, 15) is 9.90 Å². The van der Waals surface area contributed by atoms with E-state index < -0.39 is 0 Å². The Labute approximate surface area is 120 Å². The second kappa shape index (κ2) is 7.17. The number of aromatic hydroxyl groups is 1. The van der Waals surface area contributed by atoms with Crippen LogP contribution in [0.4, 0.5) is 0 Å². The molecule has 110 valence electrons. The molecule has 20 heavy (non-hydrogen) atoms. The predicted octanol–water partition coefficient (Wildman–Crippen LogP) is 2.99. The largest absolute Gasteiger partial charge is 0.504 e. The van der Waals surface area contributed by atoms with E-state index in [0.717, 1.165) is 17.9 Å². The summed E-state index contributed by atoms with van der Waals surface area (Å²) in [5.74, 6) is 1.39. The number of rotatable bonds is 6. The maximum Gasteiger partial charge on any atom is 0.220 e. The van der Waals surface area contributed by atoms with E-state index in [-0.39, 0.29) is 11.7 Å². The Balaban J connectivity index is 1.74. The first-order valence-electron chi connectivity index (χ1n) is 7.31. The molecule has 0 heterocycles. The quantitative estimate of drug-likeness (QED) is 0.840. The van der Waals surface area contributed by atoms with Gasteiger partial charge in [0.1, 0.15) is 0 Å². The van der Waals surface area contributed by atoms with Crippen molar-refractivity contribution in [3.8, 4) is 11.5 Å². The van der Waals surface area contributed by atoms with Crippen molar-refractivity contribution in [3.05, 3.63) is 23.8 Å². The third-order valence-corrected chi connectivity index (χ3v) is 3.99. The first-order valence-corrected chi connectivity index (χ1v) is 7.31. The van der Waals surface area contributed by atoms with Gasteiger partial charge in [-0.25, -0.2) is 0 Å². The van der Waals surface area contributed by atoms with Crippen molar-refractivity contribution < 1.29 is 14.6 Å². The van der Waals surface area contributed by atoms with Gasteiger partial charge < -0.3 is 15.2 Å². The highest BCUT2D eigenvalue weighted by Crippen LogP contribution is 2.28. The third-order valence-electron chi connectivity index (χ3n) is 3.99. The lowest BCUT2D eigenvalue weighted by Gasteiger charge is -2.10. The minimum atomic E-state index is 0.101. The molecule has 1 aliphatic rings. The Bertz CT molecular complexity index is 453. The van der Waals surface area contributed by atoms with Gasteiger partial charge in [0, 0.05) is 13.0 Å². The van der Waals surface area contributed by atoms with E-state index in [2.05, 4.69) is 5.32 Å². The summed E-state index contributed by atoms with van der Waals surface area (Å²) in [5, 5.41) is 12.4. The number of amides is 1. The number of carbonyl (C=O) groups is 1. The molecular formula is C16H23NO3. The Morgan fingerprint density at radius 1 is 1.40 bits per heavy atom. The number of phenols is 1. The topological polar surface area (TPSA) is 58.6 Å². The number of nitrogens with one attached hydrogen (secondary N) is 1. The van der Waals surface area contributed by atoms with Gasteiger partial charge in [0.2, 0.25) is 5.91 Å². The number of hydrogen-bond acceptors (Lipinski definition) is 3. The number of ether oxygens (including phenoxy) is 1. The van der Waals surface area contributed by atoms with Crippen molar-refractivity contribution >= 4 is 5.91 Å². The molecule has 2 N–H and O–H groups in total. The Kier molecular flexibility index (Phi) is 5.27. The van der Waals surface area contributed by atoms with Crippen LogP contribution < -0.4 is 10.1 Å². The highest BCUT2D eigenvalue weighted by molar-refractivity contribution is 5.75. The molecule has 1 saturated carbocycles. The van der Waals surface area contributed by atoms with Crippen LogP contribution in [0.2, 0.25) is 0 Å².